The molecule has 1 atom stereocenters. The number of nitrogens with one attached hydrogen (secondary N) is 2. The first-order valence-electron chi connectivity index (χ1n) is 7.62. The van der Waals surface area contributed by atoms with Crippen LogP contribution < -0.4 is 10.9 Å². The van der Waals surface area contributed by atoms with Crippen molar-refractivity contribution in [3.63, 3.8) is 0 Å². The minimum absolute atomic E-state index is 0.00820. The lowest BCUT2D eigenvalue weighted by Crippen LogP contribution is -2.39. The van der Waals surface area contributed by atoms with Crippen LogP contribution in [0.3, 0.4) is 0 Å². The summed E-state index contributed by atoms with van der Waals surface area (Å²) in [6.07, 6.45) is 4.87. The van der Waals surface area contributed by atoms with Crippen molar-refractivity contribution >= 4 is 0 Å². The molecule has 20 heavy (non-hydrogen) atoms. The lowest BCUT2D eigenvalue weighted by Gasteiger charge is -2.36. The lowest BCUT2D eigenvalue weighted by molar-refractivity contribution is 0.199. The lowest BCUT2D eigenvalue weighted by atomic mass is 9.75. The molecule has 1 unspecified atom stereocenters. The molecule has 4 nitrogen and oxygen atoms in total. The van der Waals surface area contributed by atoms with E-state index < -0.39 is 0 Å². The average molecular weight is 277 g/mol. The zero-order valence-electron chi connectivity index (χ0n) is 13.3. The van der Waals surface area contributed by atoms with E-state index in [2.05, 4.69) is 36.1 Å². The molecule has 0 aromatic carbocycles. The van der Waals surface area contributed by atoms with Crippen molar-refractivity contribution in [1.82, 2.24) is 15.3 Å². The molecule has 0 aliphatic heterocycles. The molecular formula is C16H27N3O. The van der Waals surface area contributed by atoms with Crippen LogP contribution in [0.15, 0.2) is 4.79 Å². The zero-order valence-corrected chi connectivity index (χ0v) is 13.3. The maximum absolute atomic E-state index is 12.1. The normalized spacial score (nSPS) is 20.9. The Morgan fingerprint density at radius 3 is 2.45 bits per heavy atom. The van der Waals surface area contributed by atoms with Gasteiger partial charge in [-0.1, -0.05) is 13.8 Å². The van der Waals surface area contributed by atoms with Crippen LogP contribution in [-0.4, -0.2) is 16.0 Å². The molecule has 0 saturated heterocycles. The predicted octanol–water partition coefficient (Wildman–Crippen LogP) is 3.01. The summed E-state index contributed by atoms with van der Waals surface area (Å²) in [7, 11) is 0. The molecule has 4 heteroatoms. The molecule has 112 valence electrons. The summed E-state index contributed by atoms with van der Waals surface area (Å²) in [5.74, 6) is 0.683. The van der Waals surface area contributed by atoms with Gasteiger partial charge in [0.25, 0.3) is 5.56 Å². The Morgan fingerprint density at radius 1 is 1.30 bits per heavy atom. The van der Waals surface area contributed by atoms with Gasteiger partial charge in [0, 0.05) is 17.8 Å². The molecule has 1 aliphatic rings. The summed E-state index contributed by atoms with van der Waals surface area (Å²) in [4.78, 5) is 19.3. The Bertz CT molecular complexity index is 523. The summed E-state index contributed by atoms with van der Waals surface area (Å²) in [5.41, 5.74) is 2.08. The monoisotopic (exact) mass is 277 g/mol. The molecule has 1 fully saturated rings. The van der Waals surface area contributed by atoms with E-state index in [1.165, 1.54) is 25.7 Å². The Hall–Kier alpha value is -1.16. The smallest absolute Gasteiger partial charge is 0.255 e. The van der Waals surface area contributed by atoms with Crippen LogP contribution in [0.4, 0.5) is 0 Å². The molecule has 1 saturated carbocycles. The fourth-order valence-electron chi connectivity index (χ4n) is 3.25. The third kappa shape index (κ3) is 3.48. The van der Waals surface area contributed by atoms with Gasteiger partial charge in [0.2, 0.25) is 0 Å². The highest BCUT2D eigenvalue weighted by atomic mass is 16.1. The minimum atomic E-state index is -0.00820. The van der Waals surface area contributed by atoms with Crippen LogP contribution >= 0.6 is 0 Å². The molecule has 2 N–H and O–H groups in total. The molecule has 1 aliphatic carbocycles. The quantitative estimate of drug-likeness (QED) is 0.893. The van der Waals surface area contributed by atoms with Crippen molar-refractivity contribution in [1.29, 1.82) is 0 Å². The second-order valence-electron chi connectivity index (χ2n) is 6.98. The number of aryl methyl sites for hydroxylation is 2. The summed E-state index contributed by atoms with van der Waals surface area (Å²) in [6.45, 7) is 10.5. The molecule has 0 radical (unpaired) electrons. The molecule has 2 rings (SSSR count). The SMILES string of the molecule is Cc1nc(C)c(C(C)NC2CCC(C)(C)CC2)c(=O)[nH]1. The van der Waals surface area contributed by atoms with E-state index in [0.717, 1.165) is 11.3 Å². The molecule has 0 spiro atoms. The zero-order chi connectivity index (χ0) is 14.9. The predicted molar refractivity (Wildman–Crippen MR) is 81.9 cm³/mol. The van der Waals surface area contributed by atoms with Crippen LogP contribution in [0.25, 0.3) is 0 Å². The first-order chi connectivity index (χ1) is 9.28. The van der Waals surface area contributed by atoms with Gasteiger partial charge in [0.15, 0.2) is 0 Å². The van der Waals surface area contributed by atoms with Gasteiger partial charge >= 0.3 is 0 Å². The van der Waals surface area contributed by atoms with E-state index in [9.17, 15) is 4.79 Å². The van der Waals surface area contributed by atoms with E-state index in [1.54, 1.807) is 0 Å². The van der Waals surface area contributed by atoms with Gasteiger partial charge in [-0.05, 0) is 51.9 Å². The van der Waals surface area contributed by atoms with Gasteiger partial charge in [0.1, 0.15) is 5.82 Å². The van der Waals surface area contributed by atoms with Crippen molar-refractivity contribution in [2.45, 2.75) is 72.4 Å². The number of hydrogen-bond donors (Lipinski definition) is 2. The van der Waals surface area contributed by atoms with Crippen LogP contribution in [-0.2, 0) is 0 Å². The van der Waals surface area contributed by atoms with Gasteiger partial charge in [-0.25, -0.2) is 4.98 Å². The molecule has 1 heterocycles. The van der Waals surface area contributed by atoms with Gasteiger partial charge in [-0.15, -0.1) is 0 Å². The number of hydrogen-bond acceptors (Lipinski definition) is 3. The number of rotatable bonds is 3. The largest absolute Gasteiger partial charge is 0.310 e. The number of H-pyrrole nitrogens is 1. The van der Waals surface area contributed by atoms with Crippen LogP contribution in [0.2, 0.25) is 0 Å². The number of aromatic nitrogens is 2. The summed E-state index contributed by atoms with van der Waals surface area (Å²) in [6, 6.07) is 0.566. The second kappa shape index (κ2) is 5.68. The first-order valence-corrected chi connectivity index (χ1v) is 7.62. The molecular weight excluding hydrogens is 250 g/mol. The topological polar surface area (TPSA) is 57.8 Å². The van der Waals surface area contributed by atoms with Crippen molar-refractivity contribution in [3.8, 4) is 0 Å². The van der Waals surface area contributed by atoms with E-state index >= 15 is 0 Å². The number of nitrogens with zero attached hydrogens (tertiary/aromatic N) is 1. The fraction of sp³-hybridized carbons (Fsp3) is 0.750. The second-order valence-corrected chi connectivity index (χ2v) is 6.98. The van der Waals surface area contributed by atoms with Crippen molar-refractivity contribution < 1.29 is 0 Å². The van der Waals surface area contributed by atoms with E-state index in [-0.39, 0.29) is 11.6 Å². The van der Waals surface area contributed by atoms with Crippen molar-refractivity contribution in [2.75, 3.05) is 0 Å². The first kappa shape index (κ1) is 15.2. The van der Waals surface area contributed by atoms with E-state index in [1.807, 2.05) is 13.8 Å². The molecule has 0 bridgehead atoms. The summed E-state index contributed by atoms with van der Waals surface area (Å²) in [5, 5.41) is 3.61. The molecule has 0 amide bonds. The standard InChI is InChI=1S/C16H27N3O/c1-10-14(15(20)19-12(3)17-10)11(2)18-13-6-8-16(4,5)9-7-13/h11,13,18H,6-9H2,1-5H3,(H,17,19,20). The summed E-state index contributed by atoms with van der Waals surface area (Å²) >= 11 is 0. The van der Waals surface area contributed by atoms with Crippen molar-refractivity contribution in [2.24, 2.45) is 5.41 Å². The third-order valence-corrected chi connectivity index (χ3v) is 4.52. The van der Waals surface area contributed by atoms with Crippen LogP contribution in [0.5, 0.6) is 0 Å². The van der Waals surface area contributed by atoms with E-state index in [4.69, 9.17) is 0 Å². The maximum Gasteiger partial charge on any atom is 0.255 e. The molecule has 1 aromatic rings. The highest BCUT2D eigenvalue weighted by molar-refractivity contribution is 5.20. The summed E-state index contributed by atoms with van der Waals surface area (Å²) < 4.78 is 0. The van der Waals surface area contributed by atoms with Gasteiger partial charge in [-0.2, -0.15) is 0 Å². The Labute approximate surface area is 121 Å². The van der Waals surface area contributed by atoms with Crippen LogP contribution in [0, 0.1) is 19.3 Å². The van der Waals surface area contributed by atoms with Crippen LogP contribution in [0.1, 0.15) is 69.6 Å². The maximum atomic E-state index is 12.1. The fourth-order valence-corrected chi connectivity index (χ4v) is 3.25. The van der Waals surface area contributed by atoms with Gasteiger partial charge < -0.3 is 10.3 Å². The number of aromatic amines is 1. The average Bonchev–Trinajstić information content (AvgIpc) is 2.30. The van der Waals surface area contributed by atoms with Crippen molar-refractivity contribution in [3.05, 3.63) is 27.4 Å². The molecule has 1 aromatic heterocycles. The van der Waals surface area contributed by atoms with Gasteiger partial charge in [0.05, 0.1) is 5.56 Å². The highest BCUT2D eigenvalue weighted by Crippen LogP contribution is 2.35. The third-order valence-electron chi connectivity index (χ3n) is 4.52. The van der Waals surface area contributed by atoms with E-state index in [0.29, 0.717) is 17.3 Å². The Kier molecular flexibility index (Phi) is 4.33. The Balaban J connectivity index is 2.06. The highest BCUT2D eigenvalue weighted by Gasteiger charge is 2.28. The Morgan fingerprint density at radius 2 is 1.90 bits per heavy atom. The minimum Gasteiger partial charge on any atom is -0.310 e. The van der Waals surface area contributed by atoms with Gasteiger partial charge in [-0.3, -0.25) is 4.79 Å².